The van der Waals surface area contributed by atoms with Gasteiger partial charge in [-0.15, -0.1) is 0 Å². The van der Waals surface area contributed by atoms with Crippen LogP contribution in [0.4, 0.5) is 10.2 Å². The van der Waals surface area contributed by atoms with Gasteiger partial charge in [-0.3, -0.25) is 4.90 Å². The summed E-state index contributed by atoms with van der Waals surface area (Å²) in [5, 5.41) is 0.752. The first-order chi connectivity index (χ1) is 15.1. The molecule has 1 aliphatic heterocycles. The van der Waals surface area contributed by atoms with Gasteiger partial charge < -0.3 is 19.9 Å². The fourth-order valence-electron chi connectivity index (χ4n) is 3.40. The first-order valence-corrected chi connectivity index (χ1v) is 10.5. The zero-order valence-electron chi connectivity index (χ0n) is 17.0. The van der Waals surface area contributed by atoms with Crippen molar-refractivity contribution in [1.29, 1.82) is 0 Å². The zero-order valence-corrected chi connectivity index (χ0v) is 17.8. The molecule has 9 heteroatoms. The lowest BCUT2D eigenvalue weighted by Gasteiger charge is -2.26. The number of aromatic nitrogens is 2. The number of benzene rings is 2. The topological polar surface area (TPSA) is 82.7 Å². The van der Waals surface area contributed by atoms with Gasteiger partial charge in [0, 0.05) is 31.1 Å². The summed E-state index contributed by atoms with van der Waals surface area (Å²) < 4.78 is 30.8. The van der Waals surface area contributed by atoms with E-state index in [9.17, 15) is 4.39 Å². The first-order valence-electron chi connectivity index (χ1n) is 10.1. The lowest BCUT2D eigenvalue weighted by Crippen LogP contribution is -2.37. The number of anilines is 1. The van der Waals surface area contributed by atoms with E-state index in [2.05, 4.69) is 14.9 Å². The van der Waals surface area contributed by atoms with E-state index in [4.69, 9.17) is 31.5 Å². The summed E-state index contributed by atoms with van der Waals surface area (Å²) >= 11 is 5.87. The van der Waals surface area contributed by atoms with E-state index in [0.717, 1.165) is 44.8 Å². The molecule has 2 heterocycles. The average molecular weight is 447 g/mol. The fraction of sp³-hybridized carbons (Fsp3) is 0.364. The van der Waals surface area contributed by atoms with Crippen LogP contribution in [0.5, 0.6) is 11.5 Å². The number of hydrogen-bond acceptors (Lipinski definition) is 7. The standard InChI is InChI=1S/C22H24ClFN4O3/c23-17-10-15(2-3-18(17)24)13-31-21-12-19-16(22(25)27-14-26-19)11-20(21)30-7-1-4-28-5-8-29-9-6-28/h2-3,10-12,14H,1,4-9,13H2,(H2,25,26,27). The van der Waals surface area contributed by atoms with E-state index in [1.54, 1.807) is 24.3 Å². The summed E-state index contributed by atoms with van der Waals surface area (Å²) in [5.41, 5.74) is 7.40. The van der Waals surface area contributed by atoms with Crippen LogP contribution in [0.2, 0.25) is 5.02 Å². The van der Waals surface area contributed by atoms with Gasteiger partial charge in [-0.25, -0.2) is 14.4 Å². The molecule has 2 aromatic carbocycles. The highest BCUT2D eigenvalue weighted by molar-refractivity contribution is 6.30. The smallest absolute Gasteiger partial charge is 0.163 e. The van der Waals surface area contributed by atoms with Crippen molar-refractivity contribution in [3.05, 3.63) is 53.1 Å². The van der Waals surface area contributed by atoms with Crippen LogP contribution in [-0.4, -0.2) is 54.3 Å². The number of rotatable bonds is 8. The molecule has 0 amide bonds. The molecular formula is C22H24ClFN4O3. The summed E-state index contributed by atoms with van der Waals surface area (Å²) in [4.78, 5) is 10.7. The Hall–Kier alpha value is -2.68. The molecule has 7 nitrogen and oxygen atoms in total. The lowest BCUT2D eigenvalue weighted by atomic mass is 10.2. The Kier molecular flexibility index (Phi) is 7.01. The Morgan fingerprint density at radius 3 is 2.71 bits per heavy atom. The molecule has 31 heavy (non-hydrogen) atoms. The number of nitrogens with zero attached hydrogens (tertiary/aromatic N) is 3. The molecule has 4 rings (SSSR count). The highest BCUT2D eigenvalue weighted by atomic mass is 35.5. The van der Waals surface area contributed by atoms with Crippen LogP contribution in [0.1, 0.15) is 12.0 Å². The average Bonchev–Trinajstić information content (AvgIpc) is 2.78. The normalized spacial score (nSPS) is 14.6. The number of fused-ring (bicyclic) bond motifs is 1. The van der Waals surface area contributed by atoms with Crippen molar-refractivity contribution in [2.45, 2.75) is 13.0 Å². The Balaban J connectivity index is 1.47. The molecule has 164 valence electrons. The minimum Gasteiger partial charge on any atom is -0.490 e. The minimum absolute atomic E-state index is 0.0553. The van der Waals surface area contributed by atoms with Crippen molar-refractivity contribution in [2.75, 3.05) is 45.2 Å². The van der Waals surface area contributed by atoms with Gasteiger partial charge in [0.05, 0.1) is 30.4 Å². The van der Waals surface area contributed by atoms with Crippen molar-refractivity contribution >= 4 is 28.3 Å². The predicted octanol–water partition coefficient (Wildman–Crippen LogP) is 3.68. The SMILES string of the molecule is Nc1ncnc2cc(OCc3ccc(F)c(Cl)c3)c(OCCCN3CCOCC3)cc12. The molecule has 1 saturated heterocycles. The number of hydrogen-bond donors (Lipinski definition) is 1. The summed E-state index contributed by atoms with van der Waals surface area (Å²) in [6.07, 6.45) is 2.27. The Bertz CT molecular complexity index is 1050. The van der Waals surface area contributed by atoms with Crippen LogP contribution < -0.4 is 15.2 Å². The van der Waals surface area contributed by atoms with Crippen molar-refractivity contribution in [3.8, 4) is 11.5 Å². The summed E-state index contributed by atoms with van der Waals surface area (Å²) in [6, 6.07) is 8.06. The summed E-state index contributed by atoms with van der Waals surface area (Å²) in [6.45, 7) is 5.10. The van der Waals surface area contributed by atoms with Gasteiger partial charge in [0.2, 0.25) is 0 Å². The van der Waals surface area contributed by atoms with Gasteiger partial charge in [0.15, 0.2) is 11.5 Å². The second-order valence-electron chi connectivity index (χ2n) is 7.27. The third-order valence-corrected chi connectivity index (χ3v) is 5.38. The van der Waals surface area contributed by atoms with E-state index in [1.165, 1.54) is 12.4 Å². The van der Waals surface area contributed by atoms with E-state index < -0.39 is 5.82 Å². The van der Waals surface area contributed by atoms with Gasteiger partial charge in [-0.05, 0) is 30.2 Å². The second kappa shape index (κ2) is 10.1. The maximum absolute atomic E-state index is 13.4. The van der Waals surface area contributed by atoms with Crippen molar-refractivity contribution < 1.29 is 18.6 Å². The molecule has 0 bridgehead atoms. The third-order valence-electron chi connectivity index (χ3n) is 5.09. The van der Waals surface area contributed by atoms with Gasteiger partial charge in [0.1, 0.15) is 24.6 Å². The van der Waals surface area contributed by atoms with Crippen LogP contribution >= 0.6 is 11.6 Å². The molecule has 1 fully saturated rings. The van der Waals surface area contributed by atoms with Crippen LogP contribution in [0.25, 0.3) is 10.9 Å². The molecule has 0 saturated carbocycles. The number of nitrogen functional groups attached to an aromatic ring is 1. The second-order valence-corrected chi connectivity index (χ2v) is 7.68. The van der Waals surface area contributed by atoms with Crippen LogP contribution in [-0.2, 0) is 11.3 Å². The Labute approximate surface area is 184 Å². The Morgan fingerprint density at radius 2 is 1.90 bits per heavy atom. The maximum Gasteiger partial charge on any atom is 0.163 e. The van der Waals surface area contributed by atoms with Crippen molar-refractivity contribution in [1.82, 2.24) is 14.9 Å². The Morgan fingerprint density at radius 1 is 1.10 bits per heavy atom. The molecule has 0 radical (unpaired) electrons. The van der Waals surface area contributed by atoms with Gasteiger partial charge in [0.25, 0.3) is 0 Å². The number of morpholine rings is 1. The van der Waals surface area contributed by atoms with E-state index in [0.29, 0.717) is 34.8 Å². The molecule has 3 aromatic rings. The molecule has 0 unspecified atom stereocenters. The number of nitrogens with two attached hydrogens (primary N) is 1. The monoisotopic (exact) mass is 446 g/mol. The molecule has 0 atom stereocenters. The summed E-state index contributed by atoms with van der Waals surface area (Å²) in [5.74, 6) is 0.995. The summed E-state index contributed by atoms with van der Waals surface area (Å²) in [7, 11) is 0. The maximum atomic E-state index is 13.4. The van der Waals surface area contributed by atoms with Crippen LogP contribution in [0.3, 0.4) is 0 Å². The van der Waals surface area contributed by atoms with E-state index in [1.807, 2.05) is 0 Å². The van der Waals surface area contributed by atoms with Crippen LogP contribution in [0, 0.1) is 5.82 Å². The van der Waals surface area contributed by atoms with Gasteiger partial charge in [-0.1, -0.05) is 17.7 Å². The molecule has 2 N–H and O–H groups in total. The largest absolute Gasteiger partial charge is 0.490 e. The third kappa shape index (κ3) is 5.52. The zero-order chi connectivity index (χ0) is 21.6. The number of halogens is 2. The van der Waals surface area contributed by atoms with Gasteiger partial charge >= 0.3 is 0 Å². The van der Waals surface area contributed by atoms with E-state index >= 15 is 0 Å². The molecule has 1 aromatic heterocycles. The van der Waals surface area contributed by atoms with E-state index in [-0.39, 0.29) is 11.6 Å². The first kappa shape index (κ1) is 21.5. The molecule has 0 spiro atoms. The van der Waals surface area contributed by atoms with Crippen LogP contribution in [0.15, 0.2) is 36.7 Å². The predicted molar refractivity (Wildman–Crippen MR) is 117 cm³/mol. The minimum atomic E-state index is -0.465. The highest BCUT2D eigenvalue weighted by Crippen LogP contribution is 2.34. The molecule has 1 aliphatic rings. The molecular weight excluding hydrogens is 423 g/mol. The van der Waals surface area contributed by atoms with Crippen molar-refractivity contribution in [2.24, 2.45) is 0 Å². The number of ether oxygens (including phenoxy) is 3. The lowest BCUT2D eigenvalue weighted by molar-refractivity contribution is 0.0357. The highest BCUT2D eigenvalue weighted by Gasteiger charge is 2.13. The quantitative estimate of drug-likeness (QED) is 0.528. The molecule has 0 aliphatic carbocycles. The fourth-order valence-corrected chi connectivity index (χ4v) is 3.60. The van der Waals surface area contributed by atoms with Gasteiger partial charge in [-0.2, -0.15) is 0 Å². The van der Waals surface area contributed by atoms with Crippen molar-refractivity contribution in [3.63, 3.8) is 0 Å².